The van der Waals surface area contributed by atoms with Gasteiger partial charge in [-0.25, -0.2) is 0 Å². The van der Waals surface area contributed by atoms with Crippen molar-refractivity contribution in [1.82, 2.24) is 4.57 Å². The largest absolute Gasteiger partial charge is 0.350 e. The van der Waals surface area contributed by atoms with Gasteiger partial charge in [-0.3, -0.25) is 4.79 Å². The number of rotatable bonds is 2. The Kier molecular flexibility index (Phi) is 2.42. The first-order valence-corrected chi connectivity index (χ1v) is 4.89. The Morgan fingerprint density at radius 2 is 1.87 bits per heavy atom. The molecule has 2 rings (SSSR count). The second-order valence-corrected chi connectivity index (χ2v) is 3.75. The van der Waals surface area contributed by atoms with Gasteiger partial charge in [-0.05, 0) is 18.6 Å². The summed E-state index contributed by atoms with van der Waals surface area (Å²) in [7, 11) is 1.95. The fourth-order valence-corrected chi connectivity index (χ4v) is 1.67. The van der Waals surface area contributed by atoms with Gasteiger partial charge >= 0.3 is 0 Å². The van der Waals surface area contributed by atoms with E-state index < -0.39 is 0 Å². The number of aldehydes is 1. The number of aromatic nitrogens is 1. The fourth-order valence-electron chi connectivity index (χ4n) is 1.67. The zero-order chi connectivity index (χ0) is 10.8. The van der Waals surface area contributed by atoms with Crippen molar-refractivity contribution in [3.05, 3.63) is 47.7 Å². The van der Waals surface area contributed by atoms with Crippen molar-refractivity contribution in [2.45, 2.75) is 6.92 Å². The molecule has 1 aromatic carbocycles. The quantitative estimate of drug-likeness (QED) is 0.682. The van der Waals surface area contributed by atoms with Crippen molar-refractivity contribution in [2.75, 3.05) is 0 Å². The van der Waals surface area contributed by atoms with Crippen molar-refractivity contribution >= 4 is 6.29 Å². The van der Waals surface area contributed by atoms with Crippen molar-refractivity contribution in [1.29, 1.82) is 0 Å². The molecule has 0 unspecified atom stereocenters. The predicted molar refractivity (Wildman–Crippen MR) is 61.0 cm³/mol. The van der Waals surface area contributed by atoms with E-state index in [1.807, 2.05) is 23.9 Å². The lowest BCUT2D eigenvalue weighted by atomic mass is 10.1. The first kappa shape index (κ1) is 9.71. The molecule has 0 amide bonds. The Morgan fingerprint density at radius 1 is 1.20 bits per heavy atom. The zero-order valence-electron chi connectivity index (χ0n) is 8.90. The zero-order valence-corrected chi connectivity index (χ0v) is 8.90. The molecule has 0 atom stereocenters. The molecule has 2 heteroatoms. The molecule has 2 nitrogen and oxygen atoms in total. The smallest absolute Gasteiger partial charge is 0.151 e. The van der Waals surface area contributed by atoms with E-state index >= 15 is 0 Å². The second kappa shape index (κ2) is 3.73. The summed E-state index contributed by atoms with van der Waals surface area (Å²) in [5.41, 5.74) is 4.16. The number of carbonyl (C=O) groups is 1. The number of hydrogen-bond donors (Lipinski definition) is 0. The first-order chi connectivity index (χ1) is 7.20. The third-order valence-electron chi connectivity index (χ3n) is 2.51. The molecule has 0 fully saturated rings. The van der Waals surface area contributed by atoms with E-state index in [0.29, 0.717) is 5.56 Å². The topological polar surface area (TPSA) is 22.0 Å². The Bertz CT molecular complexity index is 480. The van der Waals surface area contributed by atoms with Crippen LogP contribution < -0.4 is 0 Å². The average Bonchev–Trinajstić information content (AvgIpc) is 2.61. The predicted octanol–water partition coefficient (Wildman–Crippen LogP) is 2.81. The van der Waals surface area contributed by atoms with E-state index in [9.17, 15) is 4.79 Å². The minimum Gasteiger partial charge on any atom is -0.350 e. The summed E-state index contributed by atoms with van der Waals surface area (Å²) >= 11 is 0. The van der Waals surface area contributed by atoms with Gasteiger partial charge in [0, 0.05) is 24.5 Å². The van der Waals surface area contributed by atoms with Crippen LogP contribution in [0.4, 0.5) is 0 Å². The normalized spacial score (nSPS) is 10.3. The van der Waals surface area contributed by atoms with Crippen LogP contribution >= 0.6 is 0 Å². The van der Waals surface area contributed by atoms with Crippen LogP contribution in [0.3, 0.4) is 0 Å². The Hall–Kier alpha value is -1.83. The van der Waals surface area contributed by atoms with Crippen LogP contribution in [0.5, 0.6) is 0 Å². The third-order valence-corrected chi connectivity index (χ3v) is 2.51. The summed E-state index contributed by atoms with van der Waals surface area (Å²) in [5, 5.41) is 0. The van der Waals surface area contributed by atoms with Gasteiger partial charge in [0.15, 0.2) is 6.29 Å². The van der Waals surface area contributed by atoms with Crippen molar-refractivity contribution < 1.29 is 4.79 Å². The molecule has 0 spiro atoms. The highest BCUT2D eigenvalue weighted by atomic mass is 16.1. The maximum absolute atomic E-state index is 10.6. The lowest BCUT2D eigenvalue weighted by Gasteiger charge is -2.03. The van der Waals surface area contributed by atoms with Gasteiger partial charge in [0.2, 0.25) is 0 Å². The van der Waals surface area contributed by atoms with Crippen molar-refractivity contribution in [3.8, 4) is 11.3 Å². The molecule has 2 aromatic rings. The van der Waals surface area contributed by atoms with Gasteiger partial charge in [-0.1, -0.05) is 29.8 Å². The van der Waals surface area contributed by atoms with Gasteiger partial charge < -0.3 is 4.57 Å². The summed E-state index contributed by atoms with van der Waals surface area (Å²) < 4.78 is 1.97. The monoisotopic (exact) mass is 199 g/mol. The highest BCUT2D eigenvalue weighted by Crippen LogP contribution is 2.21. The van der Waals surface area contributed by atoms with Gasteiger partial charge in [0.25, 0.3) is 0 Å². The third kappa shape index (κ3) is 1.84. The van der Waals surface area contributed by atoms with E-state index in [1.165, 1.54) is 5.56 Å². The Balaban J connectivity index is 2.48. The molecule has 0 radical (unpaired) electrons. The molecule has 1 aromatic heterocycles. The van der Waals surface area contributed by atoms with E-state index in [4.69, 9.17) is 0 Å². The van der Waals surface area contributed by atoms with E-state index in [1.54, 1.807) is 0 Å². The minimum atomic E-state index is 0.716. The average molecular weight is 199 g/mol. The summed E-state index contributed by atoms with van der Waals surface area (Å²) in [6.07, 6.45) is 2.71. The molecule has 0 bridgehead atoms. The number of nitrogens with zero attached hydrogens (tertiary/aromatic N) is 1. The number of hydrogen-bond acceptors (Lipinski definition) is 1. The second-order valence-electron chi connectivity index (χ2n) is 3.75. The molecule has 76 valence electrons. The molecule has 0 aliphatic carbocycles. The van der Waals surface area contributed by atoms with Crippen molar-refractivity contribution in [2.24, 2.45) is 7.05 Å². The Morgan fingerprint density at radius 3 is 2.40 bits per heavy atom. The van der Waals surface area contributed by atoms with E-state index in [-0.39, 0.29) is 0 Å². The number of benzene rings is 1. The SMILES string of the molecule is Cc1ccc(-c2cc(C=O)cn2C)cc1. The van der Waals surface area contributed by atoms with Crippen LogP contribution in [0, 0.1) is 6.92 Å². The maximum Gasteiger partial charge on any atom is 0.151 e. The van der Waals surface area contributed by atoms with Crippen LogP contribution in [0.25, 0.3) is 11.3 Å². The molecule has 0 saturated heterocycles. The number of carbonyl (C=O) groups excluding carboxylic acids is 1. The molecule has 0 aliphatic heterocycles. The lowest BCUT2D eigenvalue weighted by Crippen LogP contribution is -1.88. The van der Waals surface area contributed by atoms with Crippen LogP contribution in [0.2, 0.25) is 0 Å². The highest BCUT2D eigenvalue weighted by molar-refractivity contribution is 5.78. The molecule has 0 aliphatic rings. The highest BCUT2D eigenvalue weighted by Gasteiger charge is 2.04. The molecular weight excluding hydrogens is 186 g/mol. The van der Waals surface area contributed by atoms with Crippen LogP contribution in [-0.2, 0) is 7.05 Å². The van der Waals surface area contributed by atoms with Crippen LogP contribution in [-0.4, -0.2) is 10.9 Å². The molecule has 15 heavy (non-hydrogen) atoms. The first-order valence-electron chi connectivity index (χ1n) is 4.89. The molecule has 0 N–H and O–H groups in total. The molecule has 0 saturated carbocycles. The van der Waals surface area contributed by atoms with Crippen LogP contribution in [0.15, 0.2) is 36.5 Å². The van der Waals surface area contributed by atoms with E-state index in [2.05, 4.69) is 31.2 Å². The number of aryl methyl sites for hydroxylation is 2. The summed E-state index contributed by atoms with van der Waals surface area (Å²) in [6, 6.07) is 10.2. The van der Waals surface area contributed by atoms with Crippen LogP contribution in [0.1, 0.15) is 15.9 Å². The maximum atomic E-state index is 10.6. The van der Waals surface area contributed by atoms with Gasteiger partial charge in [-0.2, -0.15) is 0 Å². The minimum absolute atomic E-state index is 0.716. The van der Waals surface area contributed by atoms with Gasteiger partial charge in [-0.15, -0.1) is 0 Å². The summed E-state index contributed by atoms with van der Waals surface area (Å²) in [6.45, 7) is 2.06. The standard InChI is InChI=1S/C13H13NO/c1-10-3-5-12(6-4-10)13-7-11(9-15)8-14(13)2/h3-9H,1-2H3. The Labute approximate surface area is 89.2 Å². The molecular formula is C13H13NO. The lowest BCUT2D eigenvalue weighted by molar-refractivity contribution is 0.112. The van der Waals surface area contributed by atoms with Crippen molar-refractivity contribution in [3.63, 3.8) is 0 Å². The summed E-state index contributed by atoms with van der Waals surface area (Å²) in [5.74, 6) is 0. The van der Waals surface area contributed by atoms with E-state index in [0.717, 1.165) is 17.5 Å². The van der Waals surface area contributed by atoms with Gasteiger partial charge in [0.05, 0.1) is 0 Å². The fraction of sp³-hybridized carbons (Fsp3) is 0.154. The molecule has 1 heterocycles. The summed E-state index contributed by atoms with van der Waals surface area (Å²) in [4.78, 5) is 10.6. The van der Waals surface area contributed by atoms with Gasteiger partial charge in [0.1, 0.15) is 0 Å².